The van der Waals surface area contributed by atoms with E-state index in [2.05, 4.69) is 6.92 Å². The number of carboxylic acids is 1. The van der Waals surface area contributed by atoms with Crippen LogP contribution in [0.3, 0.4) is 0 Å². The summed E-state index contributed by atoms with van der Waals surface area (Å²) in [6, 6.07) is 0. The maximum Gasteiger partial charge on any atom is 0.329 e. The highest BCUT2D eigenvalue weighted by Crippen LogP contribution is 2.11. The molecular weight excluding hydrogens is 548 g/mol. The number of carbonyl (C=O) groups is 1. The fraction of sp³-hybridized carbons (Fsp3) is 0.968. The predicted octanol–water partition coefficient (Wildman–Crippen LogP) is 4.53. The first-order valence-corrected chi connectivity index (χ1v) is 16.2. The summed E-state index contributed by atoms with van der Waals surface area (Å²) < 4.78 is 48.5. The molecule has 0 atom stereocenters. The first kappa shape index (κ1) is 41.1. The van der Waals surface area contributed by atoms with E-state index in [0.29, 0.717) is 99.1 Å². The molecule has 11 nitrogen and oxygen atoms in total. The lowest BCUT2D eigenvalue weighted by Gasteiger charge is -2.09. The Kier molecular flexibility index (Phi) is 37.3. The molecule has 0 aromatic heterocycles. The Hall–Kier alpha value is -0.890. The van der Waals surface area contributed by atoms with Crippen molar-refractivity contribution in [1.82, 2.24) is 0 Å². The molecule has 0 aliphatic heterocycles. The van der Waals surface area contributed by atoms with Crippen LogP contribution in [0.1, 0.15) is 77.6 Å². The van der Waals surface area contributed by atoms with Crippen LogP contribution >= 0.6 is 0 Å². The Morgan fingerprint density at radius 1 is 0.357 bits per heavy atom. The maximum absolute atomic E-state index is 10.3. The van der Waals surface area contributed by atoms with Crippen LogP contribution in [0.4, 0.5) is 0 Å². The smallest absolute Gasteiger partial charge is 0.329 e. The largest absolute Gasteiger partial charge is 0.480 e. The summed E-state index contributed by atoms with van der Waals surface area (Å²) in [6.45, 7) is 10.6. The van der Waals surface area contributed by atoms with Gasteiger partial charge in [0, 0.05) is 6.61 Å². The lowest BCUT2D eigenvalue weighted by molar-refractivity contribution is -0.142. The zero-order valence-electron chi connectivity index (χ0n) is 26.5. The predicted molar refractivity (Wildman–Crippen MR) is 161 cm³/mol. The standard InChI is InChI=1S/C31H62O11/c1-2-3-4-5-6-7-8-9-10-11-12-13-34-14-15-35-16-17-36-18-19-37-20-21-38-22-23-39-24-25-40-26-27-41-28-29-42-30-31(32)33/h2-30H2,1H3,(H,32,33). The second-order valence-electron chi connectivity index (χ2n) is 9.88. The van der Waals surface area contributed by atoms with Crippen molar-refractivity contribution in [3.8, 4) is 0 Å². The van der Waals surface area contributed by atoms with Gasteiger partial charge in [-0.3, -0.25) is 0 Å². The van der Waals surface area contributed by atoms with Gasteiger partial charge in [-0.05, 0) is 6.42 Å². The normalized spacial score (nSPS) is 11.5. The molecule has 42 heavy (non-hydrogen) atoms. The first-order chi connectivity index (χ1) is 20.8. The van der Waals surface area contributed by atoms with Crippen LogP contribution in [0.25, 0.3) is 0 Å². The van der Waals surface area contributed by atoms with E-state index in [1.54, 1.807) is 0 Å². The molecule has 252 valence electrons. The highest BCUT2D eigenvalue weighted by atomic mass is 16.6. The Bertz CT molecular complexity index is 511. The average molecular weight is 611 g/mol. The molecule has 0 spiro atoms. The third-order valence-electron chi connectivity index (χ3n) is 6.09. The molecule has 0 bridgehead atoms. The molecule has 0 aromatic rings. The molecule has 11 heteroatoms. The summed E-state index contributed by atoms with van der Waals surface area (Å²) in [5.41, 5.74) is 0. The highest BCUT2D eigenvalue weighted by molar-refractivity contribution is 5.67. The minimum atomic E-state index is -0.989. The van der Waals surface area contributed by atoms with Crippen LogP contribution in [0.2, 0.25) is 0 Å². The molecule has 0 aromatic carbocycles. The summed E-state index contributed by atoms with van der Waals surface area (Å²) in [5, 5.41) is 8.42. The quantitative estimate of drug-likeness (QED) is 0.0993. The number of rotatable bonds is 38. The molecule has 0 saturated heterocycles. The molecule has 0 heterocycles. The van der Waals surface area contributed by atoms with E-state index >= 15 is 0 Å². The van der Waals surface area contributed by atoms with Gasteiger partial charge in [0.1, 0.15) is 6.61 Å². The second-order valence-corrected chi connectivity index (χ2v) is 9.88. The van der Waals surface area contributed by atoms with Gasteiger partial charge in [0.2, 0.25) is 0 Å². The Balaban J connectivity index is 3.03. The molecule has 0 aliphatic carbocycles. The van der Waals surface area contributed by atoms with E-state index in [1.807, 2.05) is 0 Å². The fourth-order valence-corrected chi connectivity index (χ4v) is 3.79. The molecule has 1 N–H and O–H groups in total. The molecule has 0 radical (unpaired) electrons. The van der Waals surface area contributed by atoms with E-state index in [-0.39, 0.29) is 13.2 Å². The number of aliphatic carboxylic acids is 1. The van der Waals surface area contributed by atoms with Crippen molar-refractivity contribution in [3.63, 3.8) is 0 Å². The van der Waals surface area contributed by atoms with Crippen molar-refractivity contribution in [2.24, 2.45) is 0 Å². The monoisotopic (exact) mass is 610 g/mol. The lowest BCUT2D eigenvalue weighted by atomic mass is 10.1. The van der Waals surface area contributed by atoms with Crippen molar-refractivity contribution in [2.75, 3.05) is 119 Å². The minimum absolute atomic E-state index is 0.250. The van der Waals surface area contributed by atoms with Crippen molar-refractivity contribution in [2.45, 2.75) is 77.6 Å². The van der Waals surface area contributed by atoms with Crippen LogP contribution in [0.5, 0.6) is 0 Å². The number of ether oxygens (including phenoxy) is 9. The Morgan fingerprint density at radius 2 is 0.595 bits per heavy atom. The van der Waals surface area contributed by atoms with E-state index in [4.69, 9.17) is 47.7 Å². The van der Waals surface area contributed by atoms with Crippen molar-refractivity contribution < 1.29 is 52.5 Å². The average Bonchev–Trinajstić information content (AvgIpc) is 2.98. The number of hydrogen-bond donors (Lipinski definition) is 1. The van der Waals surface area contributed by atoms with Gasteiger partial charge in [0.15, 0.2) is 0 Å². The van der Waals surface area contributed by atoms with E-state index < -0.39 is 5.97 Å². The fourth-order valence-electron chi connectivity index (χ4n) is 3.79. The molecule has 0 rings (SSSR count). The van der Waals surface area contributed by atoms with Crippen LogP contribution in [0.15, 0.2) is 0 Å². The third-order valence-corrected chi connectivity index (χ3v) is 6.09. The summed E-state index contributed by atoms with van der Waals surface area (Å²) in [4.78, 5) is 10.3. The molecule has 0 unspecified atom stereocenters. The third kappa shape index (κ3) is 39.1. The van der Waals surface area contributed by atoms with E-state index in [1.165, 1.54) is 64.2 Å². The number of carboxylic acid groups (broad SMARTS) is 1. The number of hydrogen-bond acceptors (Lipinski definition) is 10. The molecule has 0 aliphatic rings. The van der Waals surface area contributed by atoms with Gasteiger partial charge in [0.25, 0.3) is 0 Å². The molecule has 0 fully saturated rings. The van der Waals surface area contributed by atoms with Gasteiger partial charge >= 0.3 is 5.97 Å². The van der Waals surface area contributed by atoms with E-state index in [0.717, 1.165) is 13.0 Å². The van der Waals surface area contributed by atoms with Crippen LogP contribution in [-0.2, 0) is 47.4 Å². The summed E-state index contributed by atoms with van der Waals surface area (Å²) in [5.74, 6) is -0.989. The van der Waals surface area contributed by atoms with Gasteiger partial charge in [-0.15, -0.1) is 0 Å². The van der Waals surface area contributed by atoms with Crippen molar-refractivity contribution >= 4 is 5.97 Å². The van der Waals surface area contributed by atoms with Gasteiger partial charge in [-0.25, -0.2) is 4.79 Å². The topological polar surface area (TPSA) is 120 Å². The van der Waals surface area contributed by atoms with Gasteiger partial charge in [0.05, 0.1) is 106 Å². The number of unbranched alkanes of at least 4 members (excludes halogenated alkanes) is 10. The molecular formula is C31H62O11. The summed E-state index contributed by atoms with van der Waals surface area (Å²) in [7, 11) is 0. The minimum Gasteiger partial charge on any atom is -0.480 e. The maximum atomic E-state index is 10.3. The Labute approximate surface area is 255 Å². The molecule has 0 saturated carbocycles. The summed E-state index contributed by atoms with van der Waals surface area (Å²) >= 11 is 0. The van der Waals surface area contributed by atoms with Crippen LogP contribution in [0, 0.1) is 0 Å². The highest BCUT2D eigenvalue weighted by Gasteiger charge is 1.98. The first-order valence-electron chi connectivity index (χ1n) is 16.2. The van der Waals surface area contributed by atoms with Crippen LogP contribution in [-0.4, -0.2) is 130 Å². The zero-order valence-corrected chi connectivity index (χ0v) is 26.5. The Morgan fingerprint density at radius 3 is 0.881 bits per heavy atom. The van der Waals surface area contributed by atoms with Crippen molar-refractivity contribution in [3.05, 3.63) is 0 Å². The second kappa shape index (κ2) is 38.1. The lowest BCUT2D eigenvalue weighted by Crippen LogP contribution is -2.15. The van der Waals surface area contributed by atoms with Crippen molar-refractivity contribution in [1.29, 1.82) is 0 Å². The van der Waals surface area contributed by atoms with E-state index in [9.17, 15) is 4.79 Å². The van der Waals surface area contributed by atoms with Gasteiger partial charge < -0.3 is 47.7 Å². The summed E-state index contributed by atoms with van der Waals surface area (Å²) in [6.07, 6.45) is 14.8. The van der Waals surface area contributed by atoms with Crippen LogP contribution < -0.4 is 0 Å². The van der Waals surface area contributed by atoms with Gasteiger partial charge in [-0.1, -0.05) is 71.1 Å². The SMILES string of the molecule is CCCCCCCCCCCCCOCCOCCOCCOCCOCCOCCOCCOCCOCC(=O)O. The van der Waals surface area contributed by atoms with Gasteiger partial charge in [-0.2, -0.15) is 0 Å². The molecule has 0 amide bonds. The zero-order chi connectivity index (χ0) is 30.4.